The lowest BCUT2D eigenvalue weighted by Crippen LogP contribution is -2.48. The molecule has 0 saturated carbocycles. The highest BCUT2D eigenvalue weighted by Gasteiger charge is 2.57. The second-order valence-electron chi connectivity index (χ2n) is 5.87. The first-order valence-electron chi connectivity index (χ1n) is 7.11. The summed E-state index contributed by atoms with van der Waals surface area (Å²) in [6.07, 6.45) is -4.63. The SMILES string of the molecule is Cc1nn(C)c(C)c1CCC(=O)N1CCC(O)(C(F)(F)F)C1. The summed E-state index contributed by atoms with van der Waals surface area (Å²) in [5.74, 6) is -0.372. The number of aliphatic hydroxyl groups is 1. The highest BCUT2D eigenvalue weighted by atomic mass is 19.4. The molecule has 1 aliphatic heterocycles. The summed E-state index contributed by atoms with van der Waals surface area (Å²) in [5.41, 5.74) is -0.0661. The minimum absolute atomic E-state index is 0.0696. The average Bonchev–Trinajstić information content (AvgIpc) is 2.91. The molecule has 1 saturated heterocycles. The van der Waals surface area contributed by atoms with Crippen LogP contribution in [0.4, 0.5) is 13.2 Å². The van der Waals surface area contributed by atoms with E-state index in [9.17, 15) is 23.1 Å². The molecule has 1 unspecified atom stereocenters. The van der Waals surface area contributed by atoms with Gasteiger partial charge in [0.2, 0.25) is 5.91 Å². The van der Waals surface area contributed by atoms with Gasteiger partial charge >= 0.3 is 6.18 Å². The molecule has 0 radical (unpaired) electrons. The van der Waals surface area contributed by atoms with Gasteiger partial charge in [-0.05, 0) is 25.8 Å². The van der Waals surface area contributed by atoms with E-state index in [0.29, 0.717) is 6.42 Å². The average molecular weight is 319 g/mol. The number of hydrogen-bond donors (Lipinski definition) is 1. The summed E-state index contributed by atoms with van der Waals surface area (Å²) in [4.78, 5) is 13.2. The van der Waals surface area contributed by atoms with Crippen LogP contribution in [0.2, 0.25) is 0 Å². The summed E-state index contributed by atoms with van der Waals surface area (Å²) in [5, 5.41) is 13.8. The van der Waals surface area contributed by atoms with Crippen molar-refractivity contribution < 1.29 is 23.1 Å². The number of carbonyl (C=O) groups excluding carboxylic acids is 1. The highest BCUT2D eigenvalue weighted by Crippen LogP contribution is 2.37. The Morgan fingerprint density at radius 3 is 2.50 bits per heavy atom. The predicted octanol–water partition coefficient (Wildman–Crippen LogP) is 1.50. The third kappa shape index (κ3) is 2.97. The zero-order chi connectivity index (χ0) is 16.7. The molecular formula is C14H20F3N3O2. The van der Waals surface area contributed by atoms with E-state index >= 15 is 0 Å². The van der Waals surface area contributed by atoms with E-state index in [0.717, 1.165) is 21.9 Å². The first-order valence-corrected chi connectivity index (χ1v) is 7.11. The third-order valence-electron chi connectivity index (χ3n) is 4.38. The van der Waals surface area contributed by atoms with Gasteiger partial charge in [-0.15, -0.1) is 0 Å². The molecule has 1 aromatic rings. The van der Waals surface area contributed by atoms with Gasteiger partial charge in [-0.2, -0.15) is 18.3 Å². The van der Waals surface area contributed by atoms with Crippen LogP contribution < -0.4 is 0 Å². The second-order valence-corrected chi connectivity index (χ2v) is 5.87. The Bertz CT molecular complexity index is 583. The molecule has 22 heavy (non-hydrogen) atoms. The van der Waals surface area contributed by atoms with Crippen LogP contribution in [-0.4, -0.2) is 50.6 Å². The summed E-state index contributed by atoms with van der Waals surface area (Å²) in [6.45, 7) is 2.98. The Morgan fingerprint density at radius 1 is 1.41 bits per heavy atom. The first-order chi connectivity index (χ1) is 10.0. The van der Waals surface area contributed by atoms with E-state index in [1.165, 1.54) is 0 Å². The lowest BCUT2D eigenvalue weighted by molar-refractivity contribution is -0.253. The van der Waals surface area contributed by atoms with Crippen LogP contribution in [0, 0.1) is 13.8 Å². The van der Waals surface area contributed by atoms with E-state index < -0.39 is 24.7 Å². The number of aromatic nitrogens is 2. The predicted molar refractivity (Wildman–Crippen MR) is 73.2 cm³/mol. The largest absolute Gasteiger partial charge is 0.419 e. The Kier molecular flexibility index (Phi) is 4.25. The van der Waals surface area contributed by atoms with Gasteiger partial charge in [0.25, 0.3) is 0 Å². The maximum Gasteiger partial charge on any atom is 0.419 e. The molecule has 8 heteroatoms. The molecular weight excluding hydrogens is 299 g/mol. The van der Waals surface area contributed by atoms with Gasteiger partial charge in [0.05, 0.1) is 12.2 Å². The van der Waals surface area contributed by atoms with Gasteiger partial charge in [-0.1, -0.05) is 0 Å². The number of β-amino-alcohol motifs (C(OH)–C–C–N with tert-alkyl or cyclic N) is 1. The quantitative estimate of drug-likeness (QED) is 0.918. The van der Waals surface area contributed by atoms with Crippen molar-refractivity contribution in [2.24, 2.45) is 7.05 Å². The lowest BCUT2D eigenvalue weighted by Gasteiger charge is -2.25. The Hall–Kier alpha value is -1.57. The van der Waals surface area contributed by atoms with Crippen molar-refractivity contribution in [3.05, 3.63) is 17.0 Å². The van der Waals surface area contributed by atoms with Crippen LogP contribution in [-0.2, 0) is 18.3 Å². The maximum absolute atomic E-state index is 12.7. The zero-order valence-corrected chi connectivity index (χ0v) is 12.9. The lowest BCUT2D eigenvalue weighted by atomic mass is 10.0. The molecule has 0 spiro atoms. The normalized spacial score (nSPS) is 22.4. The fourth-order valence-corrected chi connectivity index (χ4v) is 2.81. The number of halogens is 3. The number of nitrogens with zero attached hydrogens (tertiary/aromatic N) is 3. The monoisotopic (exact) mass is 319 g/mol. The Balaban J connectivity index is 1.97. The van der Waals surface area contributed by atoms with Crippen molar-refractivity contribution in [2.75, 3.05) is 13.1 Å². The molecule has 1 aromatic heterocycles. The number of aryl methyl sites for hydroxylation is 2. The van der Waals surface area contributed by atoms with Crippen molar-refractivity contribution >= 4 is 5.91 Å². The van der Waals surface area contributed by atoms with E-state index in [1.807, 2.05) is 13.8 Å². The van der Waals surface area contributed by atoms with Crippen LogP contribution in [0.5, 0.6) is 0 Å². The molecule has 0 aliphatic carbocycles. The minimum Gasteiger partial charge on any atom is -0.379 e. The van der Waals surface area contributed by atoms with Crippen LogP contribution in [0.3, 0.4) is 0 Å². The molecule has 1 atom stereocenters. The van der Waals surface area contributed by atoms with Crippen molar-refractivity contribution in [2.45, 2.75) is 44.9 Å². The summed E-state index contributed by atoms with van der Waals surface area (Å²) in [6, 6.07) is 0. The van der Waals surface area contributed by atoms with E-state index in [1.54, 1.807) is 11.7 Å². The van der Waals surface area contributed by atoms with Gasteiger partial charge < -0.3 is 10.0 Å². The fourth-order valence-electron chi connectivity index (χ4n) is 2.81. The summed E-state index contributed by atoms with van der Waals surface area (Å²) < 4.78 is 39.9. The number of amides is 1. The number of hydrogen-bond acceptors (Lipinski definition) is 3. The van der Waals surface area contributed by atoms with Gasteiger partial charge in [0.1, 0.15) is 0 Å². The summed E-state index contributed by atoms with van der Waals surface area (Å²) in [7, 11) is 1.80. The molecule has 2 rings (SSSR count). The molecule has 1 amide bonds. The maximum atomic E-state index is 12.7. The molecule has 2 heterocycles. The Labute approximate surface area is 126 Å². The van der Waals surface area contributed by atoms with E-state index in [4.69, 9.17) is 0 Å². The number of likely N-dealkylation sites (tertiary alicyclic amines) is 1. The second kappa shape index (κ2) is 5.57. The highest BCUT2D eigenvalue weighted by molar-refractivity contribution is 5.77. The van der Waals surface area contributed by atoms with E-state index in [2.05, 4.69) is 5.10 Å². The van der Waals surface area contributed by atoms with Crippen LogP contribution >= 0.6 is 0 Å². The van der Waals surface area contributed by atoms with Crippen molar-refractivity contribution in [1.82, 2.24) is 14.7 Å². The van der Waals surface area contributed by atoms with Crippen LogP contribution in [0.15, 0.2) is 0 Å². The molecule has 124 valence electrons. The van der Waals surface area contributed by atoms with Crippen molar-refractivity contribution in [3.8, 4) is 0 Å². The van der Waals surface area contributed by atoms with Gasteiger partial charge in [0.15, 0.2) is 5.60 Å². The Morgan fingerprint density at radius 2 is 2.05 bits per heavy atom. The smallest absolute Gasteiger partial charge is 0.379 e. The molecule has 1 N–H and O–H groups in total. The molecule has 0 aromatic carbocycles. The summed E-state index contributed by atoms with van der Waals surface area (Å²) >= 11 is 0. The number of alkyl halides is 3. The topological polar surface area (TPSA) is 58.4 Å². The molecule has 1 fully saturated rings. The van der Waals surface area contributed by atoms with Crippen molar-refractivity contribution in [1.29, 1.82) is 0 Å². The van der Waals surface area contributed by atoms with Gasteiger partial charge in [-0.3, -0.25) is 9.48 Å². The number of carbonyl (C=O) groups is 1. The first kappa shape index (κ1) is 16.8. The van der Waals surface area contributed by atoms with Gasteiger partial charge in [-0.25, -0.2) is 0 Å². The third-order valence-corrected chi connectivity index (χ3v) is 4.38. The van der Waals surface area contributed by atoms with E-state index in [-0.39, 0.29) is 18.9 Å². The number of rotatable bonds is 3. The fraction of sp³-hybridized carbons (Fsp3) is 0.714. The molecule has 0 bridgehead atoms. The zero-order valence-electron chi connectivity index (χ0n) is 12.9. The standard InChI is InChI=1S/C14H20F3N3O2/c1-9-11(10(2)19(3)18-9)4-5-12(21)20-7-6-13(22,8-20)14(15,16)17/h22H,4-8H2,1-3H3. The van der Waals surface area contributed by atoms with Crippen molar-refractivity contribution in [3.63, 3.8) is 0 Å². The molecule has 5 nitrogen and oxygen atoms in total. The van der Waals surface area contributed by atoms with Crippen LogP contribution in [0.25, 0.3) is 0 Å². The van der Waals surface area contributed by atoms with Crippen LogP contribution in [0.1, 0.15) is 29.8 Å². The molecule has 1 aliphatic rings. The van der Waals surface area contributed by atoms with Gasteiger partial charge in [0, 0.05) is 32.1 Å². The minimum atomic E-state index is -4.71.